The normalized spacial score (nSPS) is 12.2. The third-order valence-corrected chi connectivity index (χ3v) is 3.17. The van der Waals surface area contributed by atoms with Gasteiger partial charge in [0.25, 0.3) is 0 Å². The molecule has 1 aromatic carbocycles. The molecule has 0 atom stereocenters. The van der Waals surface area contributed by atoms with Crippen molar-refractivity contribution in [2.45, 2.75) is 0 Å². The Kier molecular flexibility index (Phi) is 2.77. The third kappa shape index (κ3) is 2.23. The van der Waals surface area contributed by atoms with Crippen molar-refractivity contribution in [2.24, 2.45) is 0 Å². The van der Waals surface area contributed by atoms with Crippen LogP contribution < -0.4 is 20.1 Å². The molecule has 0 radical (unpaired) electrons. The fourth-order valence-corrected chi connectivity index (χ4v) is 2.21. The fraction of sp³-hybridized carbons (Fsp3) is 0.0833. The zero-order valence-corrected chi connectivity index (χ0v) is 10.1. The largest absolute Gasteiger partial charge is 0.454 e. The molecule has 0 saturated carbocycles. The number of urea groups is 1. The number of amides is 2. The summed E-state index contributed by atoms with van der Waals surface area (Å²) in [6.45, 7) is 0.222. The van der Waals surface area contributed by atoms with Crippen LogP contribution in [0, 0.1) is 0 Å². The summed E-state index contributed by atoms with van der Waals surface area (Å²) in [6, 6.07) is 8.70. The average molecular weight is 262 g/mol. The molecule has 1 aliphatic rings. The Hall–Kier alpha value is -2.21. The highest BCUT2D eigenvalue weighted by atomic mass is 32.1. The molecule has 2 aromatic rings. The minimum absolute atomic E-state index is 0.222. The van der Waals surface area contributed by atoms with E-state index in [1.165, 1.54) is 11.3 Å². The first-order valence-electron chi connectivity index (χ1n) is 5.32. The summed E-state index contributed by atoms with van der Waals surface area (Å²) in [7, 11) is 0. The summed E-state index contributed by atoms with van der Waals surface area (Å²) in [5, 5.41) is 8.16. The predicted octanol–water partition coefficient (Wildman–Crippen LogP) is 3.12. The minimum Gasteiger partial charge on any atom is -0.454 e. The van der Waals surface area contributed by atoms with Gasteiger partial charge in [0.2, 0.25) is 6.79 Å². The Morgan fingerprint density at radius 2 is 2.06 bits per heavy atom. The molecule has 2 amide bonds. The number of nitrogens with one attached hydrogen (secondary N) is 2. The second-order valence-electron chi connectivity index (χ2n) is 3.62. The third-order valence-electron chi connectivity index (χ3n) is 2.39. The number of anilines is 2. The second-order valence-corrected chi connectivity index (χ2v) is 4.57. The van der Waals surface area contributed by atoms with E-state index in [0.29, 0.717) is 17.2 Å². The van der Waals surface area contributed by atoms with Gasteiger partial charge in [0.15, 0.2) is 11.5 Å². The van der Waals surface area contributed by atoms with Crippen molar-refractivity contribution in [1.29, 1.82) is 0 Å². The maximum Gasteiger partial charge on any atom is 0.324 e. The molecule has 3 rings (SSSR count). The van der Waals surface area contributed by atoms with E-state index in [1.54, 1.807) is 18.2 Å². The number of ether oxygens (including phenoxy) is 2. The Labute approximate surface area is 107 Å². The predicted molar refractivity (Wildman–Crippen MR) is 69.5 cm³/mol. The van der Waals surface area contributed by atoms with Crippen LogP contribution in [0.2, 0.25) is 0 Å². The molecular weight excluding hydrogens is 252 g/mol. The topological polar surface area (TPSA) is 59.6 Å². The molecule has 2 N–H and O–H groups in total. The molecule has 0 spiro atoms. The first-order valence-corrected chi connectivity index (χ1v) is 6.20. The van der Waals surface area contributed by atoms with Crippen molar-refractivity contribution in [3.63, 3.8) is 0 Å². The molecule has 6 heteroatoms. The summed E-state index contributed by atoms with van der Waals surface area (Å²) in [4.78, 5) is 11.7. The van der Waals surface area contributed by atoms with Gasteiger partial charge >= 0.3 is 6.03 Å². The van der Waals surface area contributed by atoms with Crippen molar-refractivity contribution in [3.8, 4) is 11.5 Å². The van der Waals surface area contributed by atoms with Crippen molar-refractivity contribution in [1.82, 2.24) is 0 Å². The molecule has 0 saturated heterocycles. The summed E-state index contributed by atoms with van der Waals surface area (Å²) in [6.07, 6.45) is 0. The van der Waals surface area contributed by atoms with Gasteiger partial charge in [-0.1, -0.05) is 0 Å². The van der Waals surface area contributed by atoms with Crippen LogP contribution in [-0.4, -0.2) is 12.8 Å². The number of carbonyl (C=O) groups is 1. The summed E-state index contributed by atoms with van der Waals surface area (Å²) >= 11 is 1.47. The van der Waals surface area contributed by atoms with E-state index in [-0.39, 0.29) is 12.8 Å². The standard InChI is InChI=1S/C12H10N2O3S/c15-12(14-11-2-1-5-18-11)13-8-3-4-9-10(6-8)17-7-16-9/h1-6H,7H2,(H2,13,14,15). The van der Waals surface area contributed by atoms with Crippen molar-refractivity contribution in [3.05, 3.63) is 35.7 Å². The van der Waals surface area contributed by atoms with E-state index in [9.17, 15) is 4.79 Å². The number of thiophene rings is 1. The highest BCUT2D eigenvalue weighted by Gasteiger charge is 2.14. The average Bonchev–Trinajstić information content (AvgIpc) is 2.98. The zero-order chi connectivity index (χ0) is 12.4. The molecule has 0 fully saturated rings. The first-order chi connectivity index (χ1) is 8.81. The lowest BCUT2D eigenvalue weighted by atomic mass is 10.3. The summed E-state index contributed by atoms with van der Waals surface area (Å²) in [5.41, 5.74) is 0.660. The molecule has 18 heavy (non-hydrogen) atoms. The molecule has 0 bridgehead atoms. The maximum absolute atomic E-state index is 11.7. The molecular formula is C12H10N2O3S. The van der Waals surface area contributed by atoms with Crippen LogP contribution in [0.3, 0.4) is 0 Å². The molecule has 1 aromatic heterocycles. The van der Waals surface area contributed by atoms with E-state index < -0.39 is 0 Å². The Morgan fingerprint density at radius 3 is 2.89 bits per heavy atom. The van der Waals surface area contributed by atoms with Gasteiger partial charge in [0.1, 0.15) is 0 Å². The van der Waals surface area contributed by atoms with Crippen LogP contribution in [0.25, 0.3) is 0 Å². The van der Waals surface area contributed by atoms with Crippen LogP contribution in [0.5, 0.6) is 11.5 Å². The Balaban J connectivity index is 1.67. The minimum atomic E-state index is -0.281. The number of fused-ring (bicyclic) bond motifs is 1. The highest BCUT2D eigenvalue weighted by Crippen LogP contribution is 2.34. The van der Waals surface area contributed by atoms with Crippen LogP contribution in [-0.2, 0) is 0 Å². The highest BCUT2D eigenvalue weighted by molar-refractivity contribution is 7.14. The van der Waals surface area contributed by atoms with Gasteiger partial charge in [-0.3, -0.25) is 5.32 Å². The zero-order valence-electron chi connectivity index (χ0n) is 9.30. The van der Waals surface area contributed by atoms with Crippen LogP contribution in [0.15, 0.2) is 35.7 Å². The SMILES string of the molecule is O=C(Nc1ccc2c(c1)OCO2)Nc1cccs1. The lowest BCUT2D eigenvalue weighted by molar-refractivity contribution is 0.174. The fourth-order valence-electron chi connectivity index (χ4n) is 1.60. The van der Waals surface area contributed by atoms with Crippen LogP contribution >= 0.6 is 11.3 Å². The summed E-state index contributed by atoms with van der Waals surface area (Å²) in [5.74, 6) is 1.34. The summed E-state index contributed by atoms with van der Waals surface area (Å²) < 4.78 is 10.4. The van der Waals surface area contributed by atoms with Gasteiger partial charge in [0.05, 0.1) is 5.00 Å². The van der Waals surface area contributed by atoms with Gasteiger partial charge in [-0.2, -0.15) is 0 Å². The monoisotopic (exact) mass is 262 g/mol. The van der Waals surface area contributed by atoms with Crippen molar-refractivity contribution >= 4 is 28.1 Å². The van der Waals surface area contributed by atoms with E-state index in [4.69, 9.17) is 9.47 Å². The van der Waals surface area contributed by atoms with Crippen LogP contribution in [0.4, 0.5) is 15.5 Å². The number of benzene rings is 1. The molecule has 5 nitrogen and oxygen atoms in total. The van der Waals surface area contributed by atoms with E-state index in [1.807, 2.05) is 17.5 Å². The van der Waals surface area contributed by atoms with Gasteiger partial charge in [-0.25, -0.2) is 4.79 Å². The molecule has 1 aliphatic heterocycles. The first kappa shape index (κ1) is 10.9. The lowest BCUT2D eigenvalue weighted by Gasteiger charge is -2.06. The number of hydrogen-bond donors (Lipinski definition) is 2. The quantitative estimate of drug-likeness (QED) is 0.874. The van der Waals surface area contributed by atoms with E-state index >= 15 is 0 Å². The van der Waals surface area contributed by atoms with Crippen LogP contribution in [0.1, 0.15) is 0 Å². The molecule has 0 unspecified atom stereocenters. The Bertz CT molecular complexity index is 569. The smallest absolute Gasteiger partial charge is 0.324 e. The number of rotatable bonds is 2. The van der Waals surface area contributed by atoms with Gasteiger partial charge in [-0.05, 0) is 29.6 Å². The van der Waals surface area contributed by atoms with Crippen molar-refractivity contribution < 1.29 is 14.3 Å². The molecule has 2 heterocycles. The number of carbonyl (C=O) groups excluding carboxylic acids is 1. The van der Waals surface area contributed by atoms with E-state index in [0.717, 1.165) is 5.00 Å². The second kappa shape index (κ2) is 4.58. The van der Waals surface area contributed by atoms with E-state index in [2.05, 4.69) is 10.6 Å². The Morgan fingerprint density at radius 1 is 1.17 bits per heavy atom. The van der Waals surface area contributed by atoms with Gasteiger partial charge in [0, 0.05) is 11.8 Å². The van der Waals surface area contributed by atoms with Gasteiger partial charge in [-0.15, -0.1) is 11.3 Å². The maximum atomic E-state index is 11.7. The van der Waals surface area contributed by atoms with Gasteiger partial charge < -0.3 is 14.8 Å². The van der Waals surface area contributed by atoms with Crippen molar-refractivity contribution in [2.75, 3.05) is 17.4 Å². The molecule has 92 valence electrons. The number of hydrogen-bond acceptors (Lipinski definition) is 4. The molecule has 0 aliphatic carbocycles. The lowest BCUT2D eigenvalue weighted by Crippen LogP contribution is -2.18.